The normalized spacial score (nSPS) is 18.6. The van der Waals surface area contributed by atoms with E-state index in [0.29, 0.717) is 28.7 Å². The maximum Gasteiger partial charge on any atom is 0.0645 e. The number of para-hydroxylation sites is 4. The molecule has 2 aliphatic heterocycles. The summed E-state index contributed by atoms with van der Waals surface area (Å²) >= 11 is 0. The predicted octanol–water partition coefficient (Wildman–Crippen LogP) is 27.0. The summed E-state index contributed by atoms with van der Waals surface area (Å²) in [5.41, 5.74) is -3.42. The van der Waals surface area contributed by atoms with Crippen LogP contribution in [0.1, 0.15) is 157 Å². The predicted molar refractivity (Wildman–Crippen MR) is 441 cm³/mol. The minimum atomic E-state index is -1.46. The molecule has 1 atom stereocenters. The average Bonchev–Trinajstić information content (AvgIpc) is 0.832. The van der Waals surface area contributed by atoms with Crippen molar-refractivity contribution in [1.82, 2.24) is 9.13 Å². The molecule has 0 saturated carbocycles. The van der Waals surface area contributed by atoms with Crippen LogP contribution < -0.4 is 9.80 Å². The fourth-order valence-corrected chi connectivity index (χ4v) is 15.9. The van der Waals surface area contributed by atoms with Crippen LogP contribution in [0.2, 0.25) is 0 Å². The zero-order valence-electron chi connectivity index (χ0n) is 92.3. The van der Waals surface area contributed by atoms with Crippen LogP contribution in [0.3, 0.4) is 0 Å². The van der Waals surface area contributed by atoms with E-state index in [9.17, 15) is 48.0 Å². The van der Waals surface area contributed by atoms with Gasteiger partial charge in [-0.05, 0) is 174 Å². The summed E-state index contributed by atoms with van der Waals surface area (Å²) in [7, 11) is 0. The zero-order valence-corrected chi connectivity index (χ0v) is 57.3. The van der Waals surface area contributed by atoms with E-state index in [1.165, 1.54) is 33.4 Å². The van der Waals surface area contributed by atoms with Gasteiger partial charge in [0, 0.05) is 72.6 Å². The molecule has 502 valence electrons. The van der Waals surface area contributed by atoms with Crippen LogP contribution in [-0.2, 0) is 17.3 Å². The highest BCUT2D eigenvalue weighted by Crippen LogP contribution is 2.66. The van der Waals surface area contributed by atoms with Crippen LogP contribution in [0.15, 0.2) is 339 Å². The van der Waals surface area contributed by atoms with Crippen molar-refractivity contribution in [3.63, 3.8) is 0 Å². The summed E-state index contributed by atoms with van der Waals surface area (Å²) in [6.07, 6.45) is 0.350. The molecule has 3 aliphatic rings. The monoisotopic (exact) mass is 1380 g/mol. The first kappa shape index (κ1) is 36.1. The molecule has 0 radical (unpaired) electrons. The Bertz CT molecular complexity index is 8160. The molecule has 4 nitrogen and oxygen atoms in total. The lowest BCUT2D eigenvalue weighted by Gasteiger charge is -2.47. The van der Waals surface area contributed by atoms with E-state index >= 15 is 0 Å². The molecule has 0 amide bonds. The van der Waals surface area contributed by atoms with Crippen molar-refractivity contribution in [2.45, 2.75) is 70.6 Å². The van der Waals surface area contributed by atoms with Gasteiger partial charge in [-0.2, -0.15) is 0 Å². The molecule has 15 aromatic carbocycles. The Morgan fingerprint density at radius 3 is 1.00 bits per heavy atom. The molecule has 4 heterocycles. The van der Waals surface area contributed by atoms with E-state index in [0.717, 1.165) is 17.2 Å². The lowest BCUT2D eigenvalue weighted by molar-refractivity contribution is 0.590. The molecule has 2 aromatic heterocycles. The SMILES string of the molecule is [2H]c1cc([2H])c([2H])c(-c2cc(C(C)(C)C)cc(-c3c([2H])c([2H])c([2H])c([2H])c3[2H])c2N2c3cc(-n4c5c([2H])c([2H])c([2H])c([2H])c5c5c([2H])c([2H])c([2H])c([2H])c54)ccc3C3c4ccc(-n5c6c([2H])c([2H])c([2H])c([2H])c6c6c([2H])c([2H])c([2H])c([2H])c65)cc4N(c4c(-c5c([2H])c([2H])c([2H])c([2H])c5[2H])cc(C(C)(C)C)cc4-c4c([2H])c([2H])c([2H])c([2H])c4[2H])c4cc(C5c6ccccc6Cc6ccccc65)cc2c43)c1[2H]. The highest BCUT2D eigenvalue weighted by Gasteiger charge is 2.45. The van der Waals surface area contributed by atoms with E-state index < -0.39 is 256 Å². The van der Waals surface area contributed by atoms with Gasteiger partial charge in [-0.15, -0.1) is 0 Å². The smallest absolute Gasteiger partial charge is 0.0645 e. The van der Waals surface area contributed by atoms with E-state index in [1.807, 2.05) is 60.7 Å². The quantitative estimate of drug-likeness (QED) is 0.143. The fourth-order valence-electron chi connectivity index (χ4n) is 15.9. The number of fused-ring (bicyclic) bond motifs is 12. The van der Waals surface area contributed by atoms with E-state index in [1.54, 1.807) is 87.7 Å². The maximum absolute atomic E-state index is 10.3. The van der Waals surface area contributed by atoms with Crippen LogP contribution in [-0.4, -0.2) is 9.13 Å². The van der Waals surface area contributed by atoms with Crippen LogP contribution in [0, 0.1) is 0 Å². The highest BCUT2D eigenvalue weighted by molar-refractivity contribution is 6.12. The average molecular weight is 1380 g/mol. The summed E-state index contributed by atoms with van der Waals surface area (Å²) in [5.74, 6) is -2.45. The first-order valence-electron chi connectivity index (χ1n) is 51.8. The summed E-state index contributed by atoms with van der Waals surface area (Å²) < 4.78 is 343. The topological polar surface area (TPSA) is 16.3 Å². The Hall–Kier alpha value is -12.5. The van der Waals surface area contributed by atoms with E-state index in [4.69, 9.17) is 0 Å². The third-order valence-electron chi connectivity index (χ3n) is 20.6. The van der Waals surface area contributed by atoms with Gasteiger partial charge >= 0.3 is 0 Å². The minimum absolute atomic E-state index is 0.0162. The number of nitrogens with zero attached hydrogens (tertiary/aromatic N) is 4. The van der Waals surface area contributed by atoms with Gasteiger partial charge in [-0.1, -0.05) is 296 Å². The third kappa shape index (κ3) is 9.94. The Kier molecular flexibility index (Phi) is 8.27. The number of aromatic nitrogens is 2. The summed E-state index contributed by atoms with van der Waals surface area (Å²) in [6, 6.07) is 8.34. The molecular formula is C101H78N4. The van der Waals surface area contributed by atoms with Crippen LogP contribution in [0.25, 0.3) is 99.5 Å². The Labute approximate surface area is 663 Å². The van der Waals surface area contributed by atoms with Gasteiger partial charge in [0.1, 0.15) is 0 Å². The van der Waals surface area contributed by atoms with Crippen molar-refractivity contribution in [1.29, 1.82) is 0 Å². The van der Waals surface area contributed by atoms with Gasteiger partial charge in [0.25, 0.3) is 0 Å². The third-order valence-corrected chi connectivity index (χ3v) is 20.6. The molecule has 0 spiro atoms. The Morgan fingerprint density at radius 1 is 0.305 bits per heavy atom. The standard InChI is InChI=1S/C101H78N4/c1-100(2,3)71-58-83(64-31-11-7-12-32-64)98(84(59-71)65-33-13-8-14-34-65)104-91-62-73(102-87-47-27-23-43-77(87)78-44-24-28-48-88(78)102)51-53-81(91)96-82-54-52-74(103-89-49-29-25-45-79(89)80-46-26-30-50-90(80)103)63-92(82)105(99-85(66-35-15-9-16-36-66)60-72(101(4,5)6)61-86(99)67-37-17-10-18-38-67)94-57-70(56-93(104)97(94)96)95-75-41-21-19-39-68(75)55-69-40-20-22-42-76(69)95/h7-54,56-63,95-96H,55H2,1-6H3/i7D,8D,9D,11D,12D,13D,14D,15D,16D,17D,18D,23D,24D,25D,26D,27D,28D,29D,30D,31D,32D,33D,34D,35D,36D,37D,38D,43D,44D,45D,46D,47D,48D,49D,50D. The molecule has 0 fully saturated rings. The number of hydrogen-bond donors (Lipinski definition) is 0. The molecule has 0 bridgehead atoms. The molecule has 105 heavy (non-hydrogen) atoms. The van der Waals surface area contributed by atoms with Gasteiger partial charge in [-0.3, -0.25) is 0 Å². The number of rotatable bonds is 9. The van der Waals surface area contributed by atoms with Crippen LogP contribution in [0.4, 0.5) is 34.1 Å². The molecular weight excluding hydrogens is 1270 g/mol. The number of hydrogen-bond acceptors (Lipinski definition) is 2. The first-order valence-corrected chi connectivity index (χ1v) is 34.3. The second-order valence-corrected chi connectivity index (χ2v) is 28.5. The lowest BCUT2D eigenvalue weighted by atomic mass is 9.71. The minimum Gasteiger partial charge on any atom is -0.309 e. The van der Waals surface area contributed by atoms with Crippen LogP contribution in [0.5, 0.6) is 0 Å². The molecule has 0 saturated heterocycles. The van der Waals surface area contributed by atoms with Crippen molar-refractivity contribution in [3.05, 3.63) is 395 Å². The van der Waals surface area contributed by atoms with Gasteiger partial charge in [-0.25, -0.2) is 0 Å². The van der Waals surface area contributed by atoms with Crippen molar-refractivity contribution in [2.75, 3.05) is 9.80 Å². The Balaban J connectivity index is 1.10. The van der Waals surface area contributed by atoms with Gasteiger partial charge < -0.3 is 18.9 Å². The number of benzene rings is 15. The fraction of sp³-hybridized carbons (Fsp3) is 0.109. The van der Waals surface area contributed by atoms with Crippen LogP contribution >= 0.6 is 0 Å². The van der Waals surface area contributed by atoms with Gasteiger partial charge in [0.15, 0.2) is 0 Å². The highest BCUT2D eigenvalue weighted by atomic mass is 15.2. The van der Waals surface area contributed by atoms with Crippen molar-refractivity contribution >= 4 is 77.7 Å². The zero-order chi connectivity index (χ0) is 101. The molecule has 20 rings (SSSR count). The molecule has 4 heteroatoms. The summed E-state index contributed by atoms with van der Waals surface area (Å²) in [4.78, 5) is 3.23. The largest absolute Gasteiger partial charge is 0.309 e. The summed E-state index contributed by atoms with van der Waals surface area (Å²) in [6.45, 7) is 10.8. The first-order chi connectivity index (χ1) is 65.9. The van der Waals surface area contributed by atoms with Crippen molar-refractivity contribution < 1.29 is 48.0 Å². The van der Waals surface area contributed by atoms with E-state index in [-0.39, 0.29) is 134 Å². The molecule has 1 aliphatic carbocycles. The summed E-state index contributed by atoms with van der Waals surface area (Å²) in [5, 5.41) is -1.39. The second-order valence-electron chi connectivity index (χ2n) is 28.5. The molecule has 1 unspecified atom stereocenters. The van der Waals surface area contributed by atoms with Gasteiger partial charge in [0.2, 0.25) is 0 Å². The molecule has 0 N–H and O–H groups in total. The van der Waals surface area contributed by atoms with E-state index in [2.05, 4.69) is 0 Å². The van der Waals surface area contributed by atoms with Crippen molar-refractivity contribution in [2.24, 2.45) is 0 Å². The number of anilines is 6. The van der Waals surface area contributed by atoms with Gasteiger partial charge in [0.05, 0.1) is 104 Å². The van der Waals surface area contributed by atoms with Crippen molar-refractivity contribution in [3.8, 4) is 55.9 Å². The second kappa shape index (κ2) is 24.1. The Morgan fingerprint density at radius 2 is 0.638 bits per heavy atom. The maximum atomic E-state index is 10.3. The lowest BCUT2D eigenvalue weighted by Crippen LogP contribution is -2.31. The molecule has 17 aromatic rings.